The molecule has 0 aromatic heterocycles. The predicted molar refractivity (Wildman–Crippen MR) is 88.3 cm³/mol. The van der Waals surface area contributed by atoms with E-state index < -0.39 is 6.10 Å². The average molecular weight is 292 g/mol. The fourth-order valence-electron chi connectivity index (χ4n) is 1.99. The van der Waals surface area contributed by atoms with E-state index in [1.54, 1.807) is 12.1 Å². The summed E-state index contributed by atoms with van der Waals surface area (Å²) in [5, 5.41) is 0. The molecule has 0 aliphatic heterocycles. The first-order valence-electron chi connectivity index (χ1n) is 7.60. The lowest BCUT2D eigenvalue weighted by Crippen LogP contribution is -2.10. The van der Waals surface area contributed by atoms with Gasteiger partial charge in [0.15, 0.2) is 6.10 Å². The predicted octanol–water partition coefficient (Wildman–Crippen LogP) is 4.78. The molecule has 22 heavy (non-hydrogen) atoms. The van der Waals surface area contributed by atoms with Crippen molar-refractivity contribution in [2.24, 2.45) is 0 Å². The van der Waals surface area contributed by atoms with Crippen molar-refractivity contribution in [3.8, 4) is 11.8 Å². The van der Waals surface area contributed by atoms with E-state index in [1.807, 2.05) is 48.5 Å². The van der Waals surface area contributed by atoms with Crippen LogP contribution < -0.4 is 0 Å². The summed E-state index contributed by atoms with van der Waals surface area (Å²) in [6.07, 6.45) is 2.46. The number of hydrogen-bond donors (Lipinski definition) is 0. The molecular formula is C20H20O2. The van der Waals surface area contributed by atoms with E-state index in [1.165, 1.54) is 0 Å². The van der Waals surface area contributed by atoms with Crippen molar-refractivity contribution in [3.05, 3.63) is 71.8 Å². The zero-order valence-electron chi connectivity index (χ0n) is 12.8. The Kier molecular flexibility index (Phi) is 6.26. The molecule has 0 aliphatic carbocycles. The van der Waals surface area contributed by atoms with Gasteiger partial charge in [0.25, 0.3) is 0 Å². The molecule has 0 aliphatic rings. The molecule has 0 fully saturated rings. The van der Waals surface area contributed by atoms with E-state index in [0.717, 1.165) is 24.8 Å². The SMILES string of the molecule is CCCCC#CC(OC(=O)c1ccccc1)c1ccccc1. The van der Waals surface area contributed by atoms with E-state index in [0.29, 0.717) is 5.56 Å². The second kappa shape index (κ2) is 8.69. The number of hydrogen-bond acceptors (Lipinski definition) is 2. The van der Waals surface area contributed by atoms with Crippen LogP contribution in [0.5, 0.6) is 0 Å². The van der Waals surface area contributed by atoms with Gasteiger partial charge in [-0.3, -0.25) is 0 Å². The molecule has 1 atom stereocenters. The van der Waals surface area contributed by atoms with Gasteiger partial charge in [-0.15, -0.1) is 0 Å². The first-order chi connectivity index (χ1) is 10.8. The lowest BCUT2D eigenvalue weighted by Gasteiger charge is -2.13. The Morgan fingerprint density at radius 2 is 1.68 bits per heavy atom. The Balaban J connectivity index is 2.14. The van der Waals surface area contributed by atoms with Crippen LogP contribution in [0.15, 0.2) is 60.7 Å². The van der Waals surface area contributed by atoms with Gasteiger partial charge in [0.05, 0.1) is 5.56 Å². The normalized spacial score (nSPS) is 11.1. The largest absolute Gasteiger partial charge is 0.441 e. The number of rotatable bonds is 5. The summed E-state index contributed by atoms with van der Waals surface area (Å²) in [5.74, 6) is 5.85. The molecule has 0 saturated carbocycles. The molecule has 2 aromatic carbocycles. The molecule has 112 valence electrons. The van der Waals surface area contributed by atoms with Crippen LogP contribution in [-0.2, 0) is 4.74 Å². The summed E-state index contributed by atoms with van der Waals surface area (Å²) in [5.41, 5.74) is 1.44. The molecule has 0 heterocycles. The highest BCUT2D eigenvalue weighted by atomic mass is 16.5. The fraction of sp³-hybridized carbons (Fsp3) is 0.250. The molecule has 0 saturated heterocycles. The Bertz CT molecular complexity index is 636. The first-order valence-corrected chi connectivity index (χ1v) is 7.60. The number of ether oxygens (including phenoxy) is 1. The lowest BCUT2D eigenvalue weighted by molar-refractivity contribution is 0.0407. The molecule has 2 aromatic rings. The molecule has 0 spiro atoms. The molecule has 2 nitrogen and oxygen atoms in total. The molecule has 0 amide bonds. The van der Waals surface area contributed by atoms with E-state index in [4.69, 9.17) is 4.74 Å². The van der Waals surface area contributed by atoms with Gasteiger partial charge in [0.2, 0.25) is 0 Å². The van der Waals surface area contributed by atoms with Crippen molar-refractivity contribution >= 4 is 5.97 Å². The minimum absolute atomic E-state index is 0.348. The number of esters is 1. The highest BCUT2D eigenvalue weighted by molar-refractivity contribution is 5.89. The second-order valence-corrected chi connectivity index (χ2v) is 4.99. The molecule has 1 unspecified atom stereocenters. The monoisotopic (exact) mass is 292 g/mol. The first kappa shape index (κ1) is 15.9. The molecule has 2 heteroatoms. The second-order valence-electron chi connectivity index (χ2n) is 4.99. The zero-order valence-corrected chi connectivity index (χ0v) is 12.8. The van der Waals surface area contributed by atoms with Crippen LogP contribution in [0.25, 0.3) is 0 Å². The van der Waals surface area contributed by atoms with Crippen LogP contribution in [0.2, 0.25) is 0 Å². The fourth-order valence-corrected chi connectivity index (χ4v) is 1.99. The van der Waals surface area contributed by atoms with Crippen molar-refractivity contribution in [2.45, 2.75) is 32.3 Å². The van der Waals surface area contributed by atoms with Gasteiger partial charge in [-0.1, -0.05) is 73.7 Å². The Morgan fingerprint density at radius 1 is 1.05 bits per heavy atom. The molecule has 0 bridgehead atoms. The summed E-state index contributed by atoms with van der Waals surface area (Å²) < 4.78 is 5.59. The lowest BCUT2D eigenvalue weighted by atomic mass is 10.1. The summed E-state index contributed by atoms with van der Waals surface area (Å²) in [6.45, 7) is 2.13. The van der Waals surface area contributed by atoms with Crippen molar-refractivity contribution in [1.29, 1.82) is 0 Å². The highest BCUT2D eigenvalue weighted by Gasteiger charge is 2.15. The number of carbonyl (C=O) groups is 1. The third kappa shape index (κ3) is 4.79. The quantitative estimate of drug-likeness (QED) is 0.450. The van der Waals surface area contributed by atoms with E-state index in [2.05, 4.69) is 18.8 Å². The van der Waals surface area contributed by atoms with Crippen LogP contribution >= 0.6 is 0 Å². The molecule has 0 N–H and O–H groups in total. The molecular weight excluding hydrogens is 272 g/mol. The van der Waals surface area contributed by atoms with Crippen molar-refractivity contribution in [2.75, 3.05) is 0 Å². The van der Waals surface area contributed by atoms with E-state index >= 15 is 0 Å². The van der Waals surface area contributed by atoms with Gasteiger partial charge in [-0.25, -0.2) is 4.79 Å². The zero-order chi connectivity index (χ0) is 15.6. The van der Waals surface area contributed by atoms with Crippen molar-refractivity contribution < 1.29 is 9.53 Å². The van der Waals surface area contributed by atoms with Gasteiger partial charge in [-0.05, 0) is 18.6 Å². The summed E-state index contributed by atoms with van der Waals surface area (Å²) in [6, 6.07) is 18.6. The summed E-state index contributed by atoms with van der Waals surface area (Å²) >= 11 is 0. The van der Waals surface area contributed by atoms with Gasteiger partial charge < -0.3 is 4.74 Å². The van der Waals surface area contributed by atoms with Crippen LogP contribution in [0.3, 0.4) is 0 Å². The Labute approximate surface area is 132 Å². The summed E-state index contributed by atoms with van der Waals surface area (Å²) in [4.78, 5) is 12.2. The maximum absolute atomic E-state index is 12.2. The van der Waals surface area contributed by atoms with Crippen LogP contribution in [0.4, 0.5) is 0 Å². The number of benzene rings is 2. The average Bonchev–Trinajstić information content (AvgIpc) is 2.59. The maximum Gasteiger partial charge on any atom is 0.339 e. The topological polar surface area (TPSA) is 26.3 Å². The smallest absolute Gasteiger partial charge is 0.339 e. The minimum atomic E-state index is -0.522. The third-order valence-electron chi connectivity index (χ3n) is 3.23. The minimum Gasteiger partial charge on any atom is -0.441 e. The highest BCUT2D eigenvalue weighted by Crippen LogP contribution is 2.18. The maximum atomic E-state index is 12.2. The van der Waals surface area contributed by atoms with Crippen LogP contribution in [0.1, 0.15) is 48.2 Å². The Morgan fingerprint density at radius 3 is 2.32 bits per heavy atom. The molecule has 2 rings (SSSR count). The van der Waals surface area contributed by atoms with Crippen LogP contribution in [0, 0.1) is 11.8 Å². The Hall–Kier alpha value is -2.53. The van der Waals surface area contributed by atoms with Gasteiger partial charge in [-0.2, -0.15) is 0 Å². The van der Waals surface area contributed by atoms with E-state index in [-0.39, 0.29) is 5.97 Å². The summed E-state index contributed by atoms with van der Waals surface area (Å²) in [7, 11) is 0. The van der Waals surface area contributed by atoms with Crippen LogP contribution in [-0.4, -0.2) is 5.97 Å². The standard InChI is InChI=1S/C20H20O2/c1-2-3-4-11-16-19(17-12-7-5-8-13-17)22-20(21)18-14-9-6-10-15-18/h5-10,12-15,19H,2-4H2,1H3. The van der Waals surface area contributed by atoms with Crippen molar-refractivity contribution in [3.63, 3.8) is 0 Å². The van der Waals surface area contributed by atoms with Gasteiger partial charge in [0, 0.05) is 12.0 Å². The van der Waals surface area contributed by atoms with Gasteiger partial charge in [0.1, 0.15) is 0 Å². The third-order valence-corrected chi connectivity index (χ3v) is 3.23. The van der Waals surface area contributed by atoms with Gasteiger partial charge >= 0.3 is 5.97 Å². The number of carbonyl (C=O) groups excluding carboxylic acids is 1. The van der Waals surface area contributed by atoms with E-state index in [9.17, 15) is 4.79 Å². The van der Waals surface area contributed by atoms with Crippen molar-refractivity contribution in [1.82, 2.24) is 0 Å². The number of unbranched alkanes of at least 4 members (excludes halogenated alkanes) is 2. The molecule has 0 radical (unpaired) electrons.